The topological polar surface area (TPSA) is 20.3 Å². The van der Waals surface area contributed by atoms with Crippen LogP contribution in [0.1, 0.15) is 26.2 Å². The quantitative estimate of drug-likeness (QED) is 0.568. The monoisotopic (exact) mass is 139 g/mol. The Bertz CT molecular complexity index is 163. The highest BCUT2D eigenvalue weighted by Gasteiger charge is 2.20. The highest BCUT2D eigenvalue weighted by atomic mass is 16.2. The zero-order chi connectivity index (χ0) is 7.56. The van der Waals surface area contributed by atoms with Crippen LogP contribution in [-0.2, 0) is 4.79 Å². The van der Waals surface area contributed by atoms with Crippen molar-refractivity contribution in [2.24, 2.45) is 0 Å². The smallest absolute Gasteiger partial charge is 0.226 e. The van der Waals surface area contributed by atoms with Crippen molar-refractivity contribution < 1.29 is 4.79 Å². The van der Waals surface area contributed by atoms with Crippen molar-refractivity contribution in [1.82, 2.24) is 4.90 Å². The molecular formula is C8H13NO. The fraction of sp³-hybridized carbons (Fsp3) is 0.625. The van der Waals surface area contributed by atoms with E-state index in [9.17, 15) is 4.79 Å². The third-order valence-corrected chi connectivity index (χ3v) is 1.86. The fourth-order valence-corrected chi connectivity index (χ4v) is 1.17. The molecule has 0 aromatic heterocycles. The van der Waals surface area contributed by atoms with Gasteiger partial charge in [-0.15, -0.1) is 0 Å². The maximum Gasteiger partial charge on any atom is 0.226 e. The minimum atomic E-state index is 0.242. The average molecular weight is 139 g/mol. The molecule has 0 bridgehead atoms. The number of nitrogens with zero attached hydrogens (tertiary/aromatic N) is 1. The molecule has 10 heavy (non-hydrogen) atoms. The average Bonchev–Trinajstić information content (AvgIpc) is 2.34. The van der Waals surface area contributed by atoms with Crippen LogP contribution in [0.3, 0.4) is 0 Å². The van der Waals surface area contributed by atoms with E-state index < -0.39 is 0 Å². The van der Waals surface area contributed by atoms with Crippen molar-refractivity contribution in [3.63, 3.8) is 0 Å². The summed E-state index contributed by atoms with van der Waals surface area (Å²) in [6.45, 7) is 6.71. The summed E-state index contributed by atoms with van der Waals surface area (Å²) in [7, 11) is 0. The number of rotatable bonds is 2. The van der Waals surface area contributed by atoms with E-state index in [-0.39, 0.29) is 5.91 Å². The molecule has 56 valence electrons. The lowest BCUT2D eigenvalue weighted by Gasteiger charge is -2.16. The second-order valence-electron chi connectivity index (χ2n) is 2.57. The summed E-state index contributed by atoms with van der Waals surface area (Å²) >= 11 is 0. The SMILES string of the molecule is C=C(CC)N1CCCC1=O. The lowest BCUT2D eigenvalue weighted by molar-refractivity contribution is -0.126. The predicted molar refractivity (Wildman–Crippen MR) is 40.4 cm³/mol. The number of hydrogen-bond donors (Lipinski definition) is 0. The van der Waals surface area contributed by atoms with Gasteiger partial charge in [-0.2, -0.15) is 0 Å². The Morgan fingerprint density at radius 2 is 2.50 bits per heavy atom. The molecule has 0 atom stereocenters. The van der Waals surface area contributed by atoms with Crippen molar-refractivity contribution in [2.75, 3.05) is 6.54 Å². The molecule has 2 nitrogen and oxygen atoms in total. The Kier molecular flexibility index (Phi) is 2.10. The van der Waals surface area contributed by atoms with Crippen LogP contribution in [0.2, 0.25) is 0 Å². The molecule has 0 N–H and O–H groups in total. The van der Waals surface area contributed by atoms with E-state index in [0.717, 1.165) is 25.1 Å². The van der Waals surface area contributed by atoms with Gasteiger partial charge in [0.1, 0.15) is 0 Å². The highest BCUT2D eigenvalue weighted by molar-refractivity contribution is 5.79. The summed E-state index contributed by atoms with van der Waals surface area (Å²) in [4.78, 5) is 12.8. The molecule has 1 fully saturated rings. The minimum absolute atomic E-state index is 0.242. The largest absolute Gasteiger partial charge is 0.317 e. The zero-order valence-corrected chi connectivity index (χ0v) is 6.39. The molecule has 0 aromatic rings. The summed E-state index contributed by atoms with van der Waals surface area (Å²) in [5.41, 5.74) is 0.961. The van der Waals surface area contributed by atoms with Crippen molar-refractivity contribution in [3.8, 4) is 0 Å². The van der Waals surface area contributed by atoms with Crippen LogP contribution in [0, 0.1) is 0 Å². The molecular weight excluding hydrogens is 126 g/mol. The third-order valence-electron chi connectivity index (χ3n) is 1.86. The third kappa shape index (κ3) is 1.20. The Balaban J connectivity index is 2.55. The lowest BCUT2D eigenvalue weighted by atomic mass is 10.3. The van der Waals surface area contributed by atoms with Crippen molar-refractivity contribution in [2.45, 2.75) is 26.2 Å². The zero-order valence-electron chi connectivity index (χ0n) is 6.39. The molecule has 0 spiro atoms. The molecule has 0 unspecified atom stereocenters. The Morgan fingerprint density at radius 3 is 2.90 bits per heavy atom. The summed E-state index contributed by atoms with van der Waals surface area (Å²) in [6.07, 6.45) is 2.59. The van der Waals surface area contributed by atoms with Gasteiger partial charge in [0.05, 0.1) is 0 Å². The number of carbonyl (C=O) groups excluding carboxylic acids is 1. The first kappa shape index (κ1) is 7.32. The summed E-state index contributed by atoms with van der Waals surface area (Å²) in [6, 6.07) is 0. The van der Waals surface area contributed by atoms with Crippen LogP contribution in [0.15, 0.2) is 12.3 Å². The van der Waals surface area contributed by atoms with E-state index in [1.165, 1.54) is 0 Å². The number of carbonyl (C=O) groups is 1. The van der Waals surface area contributed by atoms with E-state index in [1.54, 1.807) is 4.90 Å². The molecule has 1 saturated heterocycles. The number of hydrogen-bond acceptors (Lipinski definition) is 1. The first-order chi connectivity index (χ1) is 4.75. The van der Waals surface area contributed by atoms with Gasteiger partial charge in [0.25, 0.3) is 0 Å². The first-order valence-electron chi connectivity index (χ1n) is 3.74. The van der Waals surface area contributed by atoms with Gasteiger partial charge in [0.15, 0.2) is 0 Å². The molecule has 1 aliphatic heterocycles. The van der Waals surface area contributed by atoms with E-state index in [0.29, 0.717) is 6.42 Å². The Labute approximate surface area is 61.5 Å². The second kappa shape index (κ2) is 2.86. The van der Waals surface area contributed by atoms with Crippen LogP contribution in [-0.4, -0.2) is 17.4 Å². The van der Waals surface area contributed by atoms with E-state index in [4.69, 9.17) is 0 Å². The van der Waals surface area contributed by atoms with Gasteiger partial charge in [-0.25, -0.2) is 0 Å². The summed E-state index contributed by atoms with van der Waals surface area (Å²) in [5.74, 6) is 0.242. The van der Waals surface area contributed by atoms with Crippen molar-refractivity contribution >= 4 is 5.91 Å². The van der Waals surface area contributed by atoms with Gasteiger partial charge >= 0.3 is 0 Å². The van der Waals surface area contributed by atoms with Crippen LogP contribution in [0.25, 0.3) is 0 Å². The van der Waals surface area contributed by atoms with Crippen LogP contribution in [0.4, 0.5) is 0 Å². The molecule has 1 heterocycles. The normalized spacial score (nSPS) is 18.1. The summed E-state index contributed by atoms with van der Waals surface area (Å²) < 4.78 is 0. The lowest BCUT2D eigenvalue weighted by Crippen LogP contribution is -2.22. The molecule has 0 aromatic carbocycles. The second-order valence-corrected chi connectivity index (χ2v) is 2.57. The Morgan fingerprint density at radius 1 is 1.80 bits per heavy atom. The maximum atomic E-state index is 11.0. The molecule has 0 radical (unpaired) electrons. The molecule has 1 aliphatic rings. The van der Waals surface area contributed by atoms with Crippen LogP contribution >= 0.6 is 0 Å². The molecule has 1 amide bonds. The van der Waals surface area contributed by atoms with Gasteiger partial charge in [-0.1, -0.05) is 13.5 Å². The van der Waals surface area contributed by atoms with E-state index >= 15 is 0 Å². The van der Waals surface area contributed by atoms with Gasteiger partial charge in [-0.05, 0) is 12.8 Å². The standard InChI is InChI=1S/C8H13NO/c1-3-7(2)9-6-4-5-8(9)10/h2-6H2,1H3. The number of likely N-dealkylation sites (tertiary alicyclic amines) is 1. The molecule has 0 aliphatic carbocycles. The van der Waals surface area contributed by atoms with Gasteiger partial charge in [0, 0.05) is 18.7 Å². The summed E-state index contributed by atoms with van der Waals surface area (Å²) in [5, 5.41) is 0. The number of amides is 1. The first-order valence-corrected chi connectivity index (χ1v) is 3.74. The molecule has 0 saturated carbocycles. The predicted octanol–water partition coefficient (Wildman–Crippen LogP) is 1.53. The molecule has 2 heteroatoms. The van der Waals surface area contributed by atoms with Crippen molar-refractivity contribution in [1.29, 1.82) is 0 Å². The fourth-order valence-electron chi connectivity index (χ4n) is 1.17. The van der Waals surface area contributed by atoms with Gasteiger partial charge < -0.3 is 4.90 Å². The number of allylic oxidation sites excluding steroid dienone is 1. The Hall–Kier alpha value is -0.790. The molecule has 1 rings (SSSR count). The van der Waals surface area contributed by atoms with Gasteiger partial charge in [-0.3, -0.25) is 4.79 Å². The van der Waals surface area contributed by atoms with E-state index in [2.05, 4.69) is 6.58 Å². The van der Waals surface area contributed by atoms with Crippen molar-refractivity contribution in [3.05, 3.63) is 12.3 Å². The van der Waals surface area contributed by atoms with Crippen LogP contribution < -0.4 is 0 Å². The van der Waals surface area contributed by atoms with Gasteiger partial charge in [0.2, 0.25) is 5.91 Å². The highest BCUT2D eigenvalue weighted by Crippen LogP contribution is 2.16. The van der Waals surface area contributed by atoms with Crippen LogP contribution in [0.5, 0.6) is 0 Å². The van der Waals surface area contributed by atoms with E-state index in [1.807, 2.05) is 6.92 Å². The minimum Gasteiger partial charge on any atom is -0.317 e. The maximum absolute atomic E-state index is 11.0.